The van der Waals surface area contributed by atoms with Crippen molar-refractivity contribution in [3.63, 3.8) is 0 Å². The first kappa shape index (κ1) is 16.5. The molecule has 0 aliphatic heterocycles. The largest absolute Gasteiger partial charge is 0.268 e. The molecule has 2 heterocycles. The van der Waals surface area contributed by atoms with Crippen molar-refractivity contribution in [2.75, 3.05) is 0 Å². The molecule has 0 spiro atoms. The Morgan fingerprint density at radius 3 is 2.54 bits per heavy atom. The van der Waals surface area contributed by atoms with E-state index in [4.69, 9.17) is 0 Å². The first-order valence-electron chi connectivity index (χ1n) is 8.03. The number of thioether (sulfide) groups is 1. The van der Waals surface area contributed by atoms with E-state index in [9.17, 15) is 9.18 Å². The minimum Gasteiger partial charge on any atom is -0.268 e. The van der Waals surface area contributed by atoms with Gasteiger partial charge in [0.05, 0.1) is 11.1 Å². The second-order valence-electron chi connectivity index (χ2n) is 5.63. The van der Waals surface area contributed by atoms with Gasteiger partial charge < -0.3 is 0 Å². The number of nitrogens with zero attached hydrogens (tertiary/aromatic N) is 3. The molecule has 128 valence electrons. The van der Waals surface area contributed by atoms with Gasteiger partial charge in [-0.25, -0.2) is 14.4 Å². The third-order valence-corrected chi connectivity index (χ3v) is 4.93. The molecule has 0 unspecified atom stereocenters. The summed E-state index contributed by atoms with van der Waals surface area (Å²) in [5, 5.41) is 0.933. The highest BCUT2D eigenvalue weighted by molar-refractivity contribution is 7.98. The number of benzene rings is 2. The van der Waals surface area contributed by atoms with E-state index < -0.39 is 0 Å². The Kier molecular flexibility index (Phi) is 4.50. The van der Waals surface area contributed by atoms with E-state index in [0.717, 1.165) is 0 Å². The molecule has 0 N–H and O–H groups in total. The van der Waals surface area contributed by atoms with Gasteiger partial charge in [0.1, 0.15) is 5.82 Å². The van der Waals surface area contributed by atoms with Gasteiger partial charge in [-0.1, -0.05) is 48.2 Å². The lowest BCUT2D eigenvalue weighted by Gasteiger charge is -2.13. The number of rotatable bonds is 4. The van der Waals surface area contributed by atoms with E-state index in [1.54, 1.807) is 41.1 Å². The Labute approximate surface area is 153 Å². The first-order valence-corrected chi connectivity index (χ1v) is 9.02. The Balaban J connectivity index is 1.84. The number of halogens is 1. The molecule has 0 fully saturated rings. The highest BCUT2D eigenvalue weighted by atomic mass is 32.2. The third kappa shape index (κ3) is 3.11. The third-order valence-electron chi connectivity index (χ3n) is 3.94. The van der Waals surface area contributed by atoms with Gasteiger partial charge in [-0.3, -0.25) is 9.36 Å². The van der Waals surface area contributed by atoms with E-state index in [1.807, 2.05) is 30.3 Å². The Morgan fingerprint density at radius 2 is 1.73 bits per heavy atom. The first-order chi connectivity index (χ1) is 12.7. The maximum absolute atomic E-state index is 13.9. The minimum atomic E-state index is -0.271. The number of hydrogen-bond donors (Lipinski definition) is 0. The molecule has 0 aliphatic carbocycles. The topological polar surface area (TPSA) is 47.8 Å². The zero-order chi connectivity index (χ0) is 17.9. The Hall–Kier alpha value is -2.99. The maximum Gasteiger partial charge on any atom is 0.268 e. The molecule has 0 aliphatic rings. The fraction of sp³-hybridized carbons (Fsp3) is 0.0500. The van der Waals surface area contributed by atoms with E-state index in [1.165, 1.54) is 17.8 Å². The number of para-hydroxylation sites is 1. The van der Waals surface area contributed by atoms with Crippen molar-refractivity contribution in [1.29, 1.82) is 0 Å². The van der Waals surface area contributed by atoms with Crippen molar-refractivity contribution < 1.29 is 4.39 Å². The van der Waals surface area contributed by atoms with Gasteiger partial charge in [-0.05, 0) is 35.9 Å². The summed E-state index contributed by atoms with van der Waals surface area (Å²) in [6.45, 7) is 0. The maximum atomic E-state index is 13.9. The summed E-state index contributed by atoms with van der Waals surface area (Å²) in [5.41, 5.74) is 1.48. The molecular weight excluding hydrogens is 349 g/mol. The van der Waals surface area contributed by atoms with Crippen LogP contribution < -0.4 is 5.56 Å². The van der Waals surface area contributed by atoms with Crippen LogP contribution in [0.4, 0.5) is 4.39 Å². The molecule has 2 aromatic carbocycles. The van der Waals surface area contributed by atoms with Crippen LogP contribution in [0.5, 0.6) is 0 Å². The van der Waals surface area contributed by atoms with Crippen molar-refractivity contribution in [3.05, 3.63) is 94.7 Å². The molecule has 4 rings (SSSR count). The molecule has 2 aromatic heterocycles. The summed E-state index contributed by atoms with van der Waals surface area (Å²) in [5.74, 6) is 0.0946. The summed E-state index contributed by atoms with van der Waals surface area (Å²) < 4.78 is 15.5. The van der Waals surface area contributed by atoms with Crippen LogP contribution in [-0.2, 0) is 5.75 Å². The zero-order valence-electron chi connectivity index (χ0n) is 13.7. The average Bonchev–Trinajstić information content (AvgIpc) is 2.68. The van der Waals surface area contributed by atoms with Crippen LogP contribution in [0.3, 0.4) is 0 Å². The van der Waals surface area contributed by atoms with Crippen LogP contribution in [0.2, 0.25) is 0 Å². The SMILES string of the molecule is O=c1c2cccnc2nc(SCc2ccccc2F)n1-c1ccccc1. The molecule has 0 atom stereocenters. The summed E-state index contributed by atoms with van der Waals surface area (Å²) >= 11 is 1.31. The average molecular weight is 363 g/mol. The highest BCUT2D eigenvalue weighted by Gasteiger charge is 2.14. The quantitative estimate of drug-likeness (QED) is 0.402. The highest BCUT2D eigenvalue weighted by Crippen LogP contribution is 2.25. The molecular formula is C20H14FN3OS. The van der Waals surface area contributed by atoms with E-state index >= 15 is 0 Å². The molecule has 0 bridgehead atoms. The van der Waals surface area contributed by atoms with Crippen LogP contribution >= 0.6 is 11.8 Å². The molecule has 4 nitrogen and oxygen atoms in total. The molecule has 0 saturated heterocycles. The smallest absolute Gasteiger partial charge is 0.268 e. The number of aromatic nitrogens is 3. The van der Waals surface area contributed by atoms with Crippen molar-refractivity contribution in [2.45, 2.75) is 10.9 Å². The van der Waals surface area contributed by atoms with Gasteiger partial charge in [0, 0.05) is 11.9 Å². The lowest BCUT2D eigenvalue weighted by atomic mass is 10.2. The van der Waals surface area contributed by atoms with Crippen molar-refractivity contribution in [3.8, 4) is 5.69 Å². The van der Waals surface area contributed by atoms with E-state index in [0.29, 0.717) is 33.2 Å². The summed E-state index contributed by atoms with van der Waals surface area (Å²) in [7, 11) is 0. The fourth-order valence-corrected chi connectivity index (χ4v) is 3.65. The van der Waals surface area contributed by atoms with Gasteiger partial charge in [0.2, 0.25) is 0 Å². The van der Waals surface area contributed by atoms with Crippen LogP contribution in [0.25, 0.3) is 16.7 Å². The summed E-state index contributed by atoms with van der Waals surface area (Å²) in [6.07, 6.45) is 1.60. The summed E-state index contributed by atoms with van der Waals surface area (Å²) in [6, 6.07) is 19.3. The predicted molar refractivity (Wildman–Crippen MR) is 101 cm³/mol. The molecule has 0 radical (unpaired) electrons. The predicted octanol–water partition coefficient (Wildman–Crippen LogP) is 4.21. The Bertz CT molecular complexity index is 1130. The number of fused-ring (bicyclic) bond motifs is 1. The molecule has 0 saturated carbocycles. The molecule has 6 heteroatoms. The van der Waals surface area contributed by atoms with Crippen LogP contribution in [-0.4, -0.2) is 14.5 Å². The lowest BCUT2D eigenvalue weighted by molar-refractivity contribution is 0.617. The summed E-state index contributed by atoms with van der Waals surface area (Å²) in [4.78, 5) is 21.8. The van der Waals surface area contributed by atoms with Crippen molar-refractivity contribution in [1.82, 2.24) is 14.5 Å². The van der Waals surface area contributed by atoms with E-state index in [2.05, 4.69) is 9.97 Å². The lowest BCUT2D eigenvalue weighted by Crippen LogP contribution is -2.22. The van der Waals surface area contributed by atoms with Crippen LogP contribution in [0, 0.1) is 5.82 Å². The van der Waals surface area contributed by atoms with Crippen LogP contribution in [0.15, 0.2) is 82.9 Å². The van der Waals surface area contributed by atoms with Crippen molar-refractivity contribution >= 4 is 22.8 Å². The van der Waals surface area contributed by atoms with Crippen LogP contribution in [0.1, 0.15) is 5.56 Å². The standard InChI is InChI=1S/C20H14FN3OS/c21-17-11-5-4-7-14(17)13-26-20-23-18-16(10-6-12-22-18)19(25)24(20)15-8-2-1-3-9-15/h1-12H,13H2. The number of pyridine rings is 1. The van der Waals surface area contributed by atoms with E-state index in [-0.39, 0.29) is 11.4 Å². The monoisotopic (exact) mass is 363 g/mol. The normalized spacial score (nSPS) is 11.0. The molecule has 4 aromatic rings. The Morgan fingerprint density at radius 1 is 0.962 bits per heavy atom. The molecule has 26 heavy (non-hydrogen) atoms. The minimum absolute atomic E-state index is 0.190. The molecule has 0 amide bonds. The second kappa shape index (κ2) is 7.09. The van der Waals surface area contributed by atoms with Gasteiger partial charge in [0.25, 0.3) is 5.56 Å². The van der Waals surface area contributed by atoms with Crippen molar-refractivity contribution in [2.24, 2.45) is 0 Å². The zero-order valence-corrected chi connectivity index (χ0v) is 14.5. The van der Waals surface area contributed by atoms with Gasteiger partial charge in [-0.15, -0.1) is 0 Å². The van der Waals surface area contributed by atoms with Gasteiger partial charge in [-0.2, -0.15) is 0 Å². The van der Waals surface area contributed by atoms with Gasteiger partial charge in [0.15, 0.2) is 10.8 Å². The fourth-order valence-electron chi connectivity index (χ4n) is 2.66. The van der Waals surface area contributed by atoms with Gasteiger partial charge >= 0.3 is 0 Å². The number of hydrogen-bond acceptors (Lipinski definition) is 4. The second-order valence-corrected chi connectivity index (χ2v) is 6.57.